The molecular weight excluding hydrogens is 278 g/mol. The molecule has 0 aromatic rings. The molecule has 100 valence electrons. The fourth-order valence-corrected chi connectivity index (χ4v) is 4.02. The molecule has 0 amide bonds. The van der Waals surface area contributed by atoms with Gasteiger partial charge in [-0.15, -0.1) is 0 Å². The van der Waals surface area contributed by atoms with Gasteiger partial charge in [0.15, 0.2) is 0 Å². The van der Waals surface area contributed by atoms with Crippen molar-refractivity contribution in [3.8, 4) is 0 Å². The van der Waals surface area contributed by atoms with Crippen molar-refractivity contribution < 1.29 is 4.74 Å². The quantitative estimate of drug-likeness (QED) is 0.738. The number of morpholine rings is 1. The lowest BCUT2D eigenvalue weighted by molar-refractivity contribution is -0.0436. The van der Waals surface area contributed by atoms with Gasteiger partial charge in [0.1, 0.15) is 0 Å². The Morgan fingerprint density at radius 2 is 2.06 bits per heavy atom. The van der Waals surface area contributed by atoms with Crippen LogP contribution < -0.4 is 0 Å². The first kappa shape index (κ1) is 13.8. The maximum Gasteiger partial charge on any atom is 0.0700 e. The van der Waals surface area contributed by atoms with Gasteiger partial charge in [-0.2, -0.15) is 0 Å². The van der Waals surface area contributed by atoms with Gasteiger partial charge in [0, 0.05) is 25.0 Å². The first-order valence-electron chi connectivity index (χ1n) is 7.18. The number of rotatable bonds is 4. The van der Waals surface area contributed by atoms with Gasteiger partial charge in [-0.05, 0) is 24.7 Å². The van der Waals surface area contributed by atoms with Crippen molar-refractivity contribution in [2.45, 2.75) is 51.6 Å². The van der Waals surface area contributed by atoms with Crippen LogP contribution in [0.1, 0.15) is 45.4 Å². The highest BCUT2D eigenvalue weighted by molar-refractivity contribution is 9.09. The lowest BCUT2D eigenvalue weighted by atomic mass is 9.75. The fraction of sp³-hybridized carbons (Fsp3) is 1.00. The van der Waals surface area contributed by atoms with Crippen LogP contribution in [0.4, 0.5) is 0 Å². The van der Waals surface area contributed by atoms with E-state index >= 15 is 0 Å². The van der Waals surface area contributed by atoms with E-state index in [4.69, 9.17) is 4.74 Å². The smallest absolute Gasteiger partial charge is 0.0700 e. The molecule has 1 saturated carbocycles. The molecule has 1 aliphatic carbocycles. The highest BCUT2D eigenvalue weighted by atomic mass is 79.9. The van der Waals surface area contributed by atoms with Crippen LogP contribution in [0, 0.1) is 5.41 Å². The van der Waals surface area contributed by atoms with E-state index in [0.29, 0.717) is 11.5 Å². The Kier molecular flexibility index (Phi) is 5.31. The Bertz CT molecular complexity index is 228. The summed E-state index contributed by atoms with van der Waals surface area (Å²) in [4.78, 5) is 2.64. The number of ether oxygens (including phenoxy) is 1. The number of nitrogens with zero attached hydrogens (tertiary/aromatic N) is 1. The van der Waals surface area contributed by atoms with Crippen molar-refractivity contribution in [1.82, 2.24) is 4.90 Å². The summed E-state index contributed by atoms with van der Waals surface area (Å²) in [6.07, 6.45) is 8.73. The largest absolute Gasteiger partial charge is 0.376 e. The van der Waals surface area contributed by atoms with Gasteiger partial charge in [-0.1, -0.05) is 42.1 Å². The summed E-state index contributed by atoms with van der Waals surface area (Å²) in [5.74, 6) is 0. The predicted octanol–water partition coefficient (Wildman–Crippen LogP) is 3.44. The van der Waals surface area contributed by atoms with Gasteiger partial charge in [0.25, 0.3) is 0 Å². The standard InChI is InChI=1S/C14H26BrNO/c1-2-13-10-16(8-9-17-13)12-14(11-15)6-4-3-5-7-14/h13H,2-12H2,1H3. The van der Waals surface area contributed by atoms with E-state index in [1.807, 2.05) is 0 Å². The molecule has 1 unspecified atom stereocenters. The highest BCUT2D eigenvalue weighted by Gasteiger charge is 2.34. The van der Waals surface area contributed by atoms with E-state index in [0.717, 1.165) is 26.1 Å². The van der Waals surface area contributed by atoms with Crippen LogP contribution in [0.15, 0.2) is 0 Å². The number of halogens is 1. The zero-order chi connectivity index (χ0) is 12.1. The molecule has 17 heavy (non-hydrogen) atoms. The molecule has 3 heteroatoms. The summed E-state index contributed by atoms with van der Waals surface area (Å²) in [5, 5.41) is 1.17. The molecule has 1 saturated heterocycles. The van der Waals surface area contributed by atoms with Gasteiger partial charge < -0.3 is 4.74 Å². The minimum atomic E-state index is 0.472. The zero-order valence-electron chi connectivity index (χ0n) is 11.1. The average Bonchev–Trinajstić information content (AvgIpc) is 2.40. The molecule has 1 aliphatic heterocycles. The lowest BCUT2D eigenvalue weighted by Crippen LogP contribution is -2.48. The van der Waals surface area contributed by atoms with Crippen LogP contribution in [0.3, 0.4) is 0 Å². The lowest BCUT2D eigenvalue weighted by Gasteiger charge is -2.42. The predicted molar refractivity (Wildman–Crippen MR) is 75.8 cm³/mol. The van der Waals surface area contributed by atoms with Crippen molar-refractivity contribution in [3.05, 3.63) is 0 Å². The van der Waals surface area contributed by atoms with E-state index in [1.165, 1.54) is 44.0 Å². The molecule has 0 aromatic carbocycles. The van der Waals surface area contributed by atoms with Gasteiger partial charge in [-0.3, -0.25) is 4.90 Å². The SMILES string of the molecule is CCC1CN(CC2(CBr)CCCCC2)CCO1. The van der Waals surface area contributed by atoms with Crippen molar-refractivity contribution >= 4 is 15.9 Å². The third kappa shape index (κ3) is 3.68. The summed E-state index contributed by atoms with van der Waals surface area (Å²) in [7, 11) is 0. The maximum atomic E-state index is 5.76. The average molecular weight is 304 g/mol. The van der Waals surface area contributed by atoms with E-state index in [9.17, 15) is 0 Å². The first-order valence-corrected chi connectivity index (χ1v) is 8.30. The fourth-order valence-electron chi connectivity index (χ4n) is 3.28. The highest BCUT2D eigenvalue weighted by Crippen LogP contribution is 2.38. The topological polar surface area (TPSA) is 12.5 Å². The third-order valence-corrected chi connectivity index (χ3v) is 5.62. The minimum absolute atomic E-state index is 0.472. The van der Waals surface area contributed by atoms with Gasteiger partial charge in [0.05, 0.1) is 12.7 Å². The molecule has 2 nitrogen and oxygen atoms in total. The van der Waals surface area contributed by atoms with Crippen molar-refractivity contribution in [2.75, 3.05) is 31.6 Å². The van der Waals surface area contributed by atoms with E-state index in [1.54, 1.807) is 0 Å². The second-order valence-electron chi connectivity index (χ2n) is 5.83. The normalized spacial score (nSPS) is 30.4. The van der Waals surface area contributed by atoms with Crippen LogP contribution in [-0.4, -0.2) is 42.6 Å². The molecule has 2 fully saturated rings. The third-order valence-electron chi connectivity index (χ3n) is 4.43. The molecule has 0 radical (unpaired) electrons. The van der Waals surface area contributed by atoms with Crippen LogP contribution in [-0.2, 0) is 4.74 Å². The second-order valence-corrected chi connectivity index (χ2v) is 6.39. The Labute approximate surface area is 114 Å². The molecule has 0 aromatic heterocycles. The summed E-state index contributed by atoms with van der Waals surface area (Å²) in [6.45, 7) is 6.71. The van der Waals surface area contributed by atoms with Crippen LogP contribution >= 0.6 is 15.9 Å². The summed E-state index contributed by atoms with van der Waals surface area (Å²) in [6, 6.07) is 0. The molecule has 2 rings (SSSR count). The van der Waals surface area contributed by atoms with Crippen LogP contribution in [0.2, 0.25) is 0 Å². The summed E-state index contributed by atoms with van der Waals surface area (Å²) in [5.41, 5.74) is 0.549. The molecule has 0 N–H and O–H groups in total. The molecule has 0 bridgehead atoms. The maximum absolute atomic E-state index is 5.76. The van der Waals surface area contributed by atoms with Crippen LogP contribution in [0.5, 0.6) is 0 Å². The molecule has 1 heterocycles. The zero-order valence-corrected chi connectivity index (χ0v) is 12.7. The number of alkyl halides is 1. The Balaban J connectivity index is 1.88. The van der Waals surface area contributed by atoms with Gasteiger partial charge >= 0.3 is 0 Å². The molecular formula is C14H26BrNO. The van der Waals surface area contributed by atoms with Crippen molar-refractivity contribution in [1.29, 1.82) is 0 Å². The number of hydrogen-bond acceptors (Lipinski definition) is 2. The van der Waals surface area contributed by atoms with Crippen molar-refractivity contribution in [2.24, 2.45) is 5.41 Å². The van der Waals surface area contributed by atoms with Gasteiger partial charge in [-0.25, -0.2) is 0 Å². The van der Waals surface area contributed by atoms with E-state index < -0.39 is 0 Å². The Morgan fingerprint density at radius 1 is 1.29 bits per heavy atom. The summed E-state index contributed by atoms with van der Waals surface area (Å²) >= 11 is 3.77. The Hall–Kier alpha value is 0.400. The first-order chi connectivity index (χ1) is 8.28. The molecule has 0 spiro atoms. The molecule has 1 atom stereocenters. The van der Waals surface area contributed by atoms with E-state index in [2.05, 4.69) is 27.8 Å². The molecule has 2 aliphatic rings. The second kappa shape index (κ2) is 6.53. The van der Waals surface area contributed by atoms with Gasteiger partial charge in [0.2, 0.25) is 0 Å². The monoisotopic (exact) mass is 303 g/mol. The van der Waals surface area contributed by atoms with E-state index in [-0.39, 0.29) is 0 Å². The Morgan fingerprint density at radius 3 is 2.71 bits per heavy atom. The minimum Gasteiger partial charge on any atom is -0.376 e. The number of hydrogen-bond donors (Lipinski definition) is 0. The van der Waals surface area contributed by atoms with Crippen molar-refractivity contribution in [3.63, 3.8) is 0 Å². The van der Waals surface area contributed by atoms with Crippen LogP contribution in [0.25, 0.3) is 0 Å². The summed E-state index contributed by atoms with van der Waals surface area (Å²) < 4.78 is 5.76.